The molecule has 0 radical (unpaired) electrons. The first-order valence-electron chi connectivity index (χ1n) is 8.28. The van der Waals surface area contributed by atoms with E-state index in [1.807, 2.05) is 39.0 Å². The van der Waals surface area contributed by atoms with Gasteiger partial charge >= 0.3 is 0 Å². The minimum absolute atomic E-state index is 0.0767. The lowest BCUT2D eigenvalue weighted by molar-refractivity contribution is -0.115. The smallest absolute Gasteiger partial charge is 0.237 e. The Bertz CT molecular complexity index is 901. The van der Waals surface area contributed by atoms with E-state index >= 15 is 0 Å². The minimum atomic E-state index is -0.318. The second-order valence-corrected chi connectivity index (χ2v) is 7.45. The van der Waals surface area contributed by atoms with Crippen molar-refractivity contribution in [2.75, 3.05) is 5.32 Å². The Morgan fingerprint density at radius 1 is 1.15 bits per heavy atom. The number of anilines is 1. The molecule has 0 saturated heterocycles. The van der Waals surface area contributed by atoms with Crippen molar-refractivity contribution in [1.29, 1.82) is 0 Å². The Morgan fingerprint density at radius 3 is 2.46 bits per heavy atom. The van der Waals surface area contributed by atoms with Gasteiger partial charge in [0.15, 0.2) is 5.16 Å². The Labute approximate surface area is 156 Å². The SMILES string of the molecule is Cc1cccc(C)c1NC(=O)[C@H](C)Sc1ncc(-c2ccc(F)cc2)[nH]1. The first kappa shape index (κ1) is 18.2. The highest BCUT2D eigenvalue weighted by Gasteiger charge is 2.18. The minimum Gasteiger partial charge on any atom is -0.333 e. The molecule has 2 N–H and O–H groups in total. The summed E-state index contributed by atoms with van der Waals surface area (Å²) in [6.07, 6.45) is 1.69. The fourth-order valence-electron chi connectivity index (χ4n) is 2.60. The van der Waals surface area contributed by atoms with Gasteiger partial charge in [0.25, 0.3) is 0 Å². The number of amides is 1. The van der Waals surface area contributed by atoms with E-state index in [9.17, 15) is 9.18 Å². The predicted molar refractivity (Wildman–Crippen MR) is 104 cm³/mol. The molecule has 3 aromatic rings. The van der Waals surface area contributed by atoms with Gasteiger partial charge < -0.3 is 10.3 Å². The molecule has 0 aliphatic rings. The van der Waals surface area contributed by atoms with Gasteiger partial charge in [-0.1, -0.05) is 30.0 Å². The first-order valence-corrected chi connectivity index (χ1v) is 9.16. The van der Waals surface area contributed by atoms with E-state index in [2.05, 4.69) is 15.3 Å². The molecule has 0 fully saturated rings. The number of halogens is 1. The number of H-pyrrole nitrogens is 1. The van der Waals surface area contributed by atoms with Crippen molar-refractivity contribution in [1.82, 2.24) is 9.97 Å². The van der Waals surface area contributed by atoms with Gasteiger partial charge in [-0.15, -0.1) is 0 Å². The monoisotopic (exact) mass is 369 g/mol. The lowest BCUT2D eigenvalue weighted by Gasteiger charge is -2.14. The van der Waals surface area contributed by atoms with E-state index in [0.29, 0.717) is 5.16 Å². The van der Waals surface area contributed by atoms with E-state index < -0.39 is 0 Å². The van der Waals surface area contributed by atoms with Gasteiger partial charge in [-0.05, 0) is 61.7 Å². The molecule has 2 aromatic carbocycles. The van der Waals surface area contributed by atoms with Crippen LogP contribution in [0.2, 0.25) is 0 Å². The van der Waals surface area contributed by atoms with Gasteiger partial charge in [-0.2, -0.15) is 0 Å². The number of nitrogens with one attached hydrogen (secondary N) is 2. The van der Waals surface area contributed by atoms with Crippen molar-refractivity contribution < 1.29 is 9.18 Å². The van der Waals surface area contributed by atoms with Crippen LogP contribution < -0.4 is 5.32 Å². The standard InChI is InChI=1S/C20H20FN3OS/c1-12-5-4-6-13(2)18(12)24-19(25)14(3)26-20-22-11-17(23-20)15-7-9-16(21)10-8-15/h4-11,14H,1-3H3,(H,22,23)(H,24,25)/t14-/m0/s1. The number of nitrogens with zero attached hydrogens (tertiary/aromatic N) is 1. The third-order valence-corrected chi connectivity index (χ3v) is 5.09. The number of carbonyl (C=O) groups is 1. The van der Waals surface area contributed by atoms with E-state index in [0.717, 1.165) is 28.1 Å². The summed E-state index contributed by atoms with van der Waals surface area (Å²) < 4.78 is 13.0. The zero-order valence-corrected chi connectivity index (χ0v) is 15.7. The fourth-order valence-corrected chi connectivity index (χ4v) is 3.38. The lowest BCUT2D eigenvalue weighted by atomic mass is 10.1. The molecule has 1 heterocycles. The summed E-state index contributed by atoms with van der Waals surface area (Å²) in [5.74, 6) is -0.355. The summed E-state index contributed by atoms with van der Waals surface area (Å²) in [5.41, 5.74) is 4.56. The molecule has 0 bridgehead atoms. The van der Waals surface area contributed by atoms with E-state index in [1.165, 1.54) is 23.9 Å². The number of aryl methyl sites for hydroxylation is 2. The Balaban J connectivity index is 1.67. The molecule has 1 aromatic heterocycles. The van der Waals surface area contributed by atoms with Crippen LogP contribution >= 0.6 is 11.8 Å². The maximum Gasteiger partial charge on any atom is 0.237 e. The molecule has 0 aliphatic carbocycles. The van der Waals surface area contributed by atoms with Gasteiger partial charge in [0.2, 0.25) is 5.91 Å². The average Bonchev–Trinajstić information content (AvgIpc) is 3.07. The van der Waals surface area contributed by atoms with Crippen LogP contribution in [0, 0.1) is 19.7 Å². The normalized spacial score (nSPS) is 12.0. The van der Waals surface area contributed by atoms with Gasteiger partial charge in [0.1, 0.15) is 5.82 Å². The Hall–Kier alpha value is -2.60. The van der Waals surface area contributed by atoms with Crippen LogP contribution in [0.25, 0.3) is 11.3 Å². The summed E-state index contributed by atoms with van der Waals surface area (Å²) >= 11 is 1.35. The zero-order valence-electron chi connectivity index (χ0n) is 14.8. The number of hydrogen-bond acceptors (Lipinski definition) is 3. The number of aromatic amines is 1. The van der Waals surface area contributed by atoms with Crippen molar-refractivity contribution in [2.45, 2.75) is 31.2 Å². The molecular formula is C20H20FN3OS. The summed E-state index contributed by atoms with van der Waals surface area (Å²) in [7, 11) is 0. The zero-order chi connectivity index (χ0) is 18.7. The highest BCUT2D eigenvalue weighted by Crippen LogP contribution is 2.26. The Kier molecular flexibility index (Phi) is 5.42. The maximum atomic E-state index is 13.0. The first-order chi connectivity index (χ1) is 12.4. The van der Waals surface area contributed by atoms with Crippen LogP contribution in [-0.4, -0.2) is 21.1 Å². The lowest BCUT2D eigenvalue weighted by Crippen LogP contribution is -2.23. The number of aromatic nitrogens is 2. The van der Waals surface area contributed by atoms with Crippen molar-refractivity contribution in [2.24, 2.45) is 0 Å². The predicted octanol–water partition coefficient (Wildman–Crippen LogP) is 4.95. The van der Waals surface area contributed by atoms with Crippen molar-refractivity contribution in [3.05, 3.63) is 65.6 Å². The third-order valence-electron chi connectivity index (χ3n) is 4.09. The number of carbonyl (C=O) groups excluding carboxylic acids is 1. The van der Waals surface area contributed by atoms with Crippen LogP contribution in [0.3, 0.4) is 0 Å². The number of rotatable bonds is 5. The molecule has 6 heteroatoms. The highest BCUT2D eigenvalue weighted by atomic mass is 32.2. The van der Waals surface area contributed by atoms with E-state index in [1.54, 1.807) is 18.3 Å². The number of hydrogen-bond donors (Lipinski definition) is 2. The average molecular weight is 369 g/mol. The summed E-state index contributed by atoms with van der Waals surface area (Å²) in [5, 5.41) is 3.33. The maximum absolute atomic E-state index is 13.0. The van der Waals surface area contributed by atoms with Crippen molar-refractivity contribution >= 4 is 23.4 Å². The van der Waals surface area contributed by atoms with Crippen LogP contribution in [0.5, 0.6) is 0 Å². The summed E-state index contributed by atoms with van der Waals surface area (Å²) in [6, 6.07) is 12.1. The molecule has 134 valence electrons. The van der Waals surface area contributed by atoms with Crippen LogP contribution in [0.1, 0.15) is 18.1 Å². The summed E-state index contributed by atoms with van der Waals surface area (Å²) in [4.78, 5) is 20.0. The van der Waals surface area contributed by atoms with Gasteiger partial charge in [0, 0.05) is 5.69 Å². The molecule has 26 heavy (non-hydrogen) atoms. The quantitative estimate of drug-likeness (QED) is 0.626. The third kappa shape index (κ3) is 4.14. The van der Waals surface area contributed by atoms with Gasteiger partial charge in [-0.3, -0.25) is 4.79 Å². The van der Waals surface area contributed by atoms with E-state index in [-0.39, 0.29) is 17.0 Å². The molecule has 0 saturated carbocycles. The molecular weight excluding hydrogens is 349 g/mol. The van der Waals surface area contributed by atoms with Crippen LogP contribution in [-0.2, 0) is 4.79 Å². The fraction of sp³-hybridized carbons (Fsp3) is 0.200. The molecule has 3 rings (SSSR count). The van der Waals surface area contributed by atoms with Crippen molar-refractivity contribution in [3.8, 4) is 11.3 Å². The second kappa shape index (κ2) is 7.74. The van der Waals surface area contributed by atoms with Crippen molar-refractivity contribution in [3.63, 3.8) is 0 Å². The van der Waals surface area contributed by atoms with Gasteiger partial charge in [-0.25, -0.2) is 9.37 Å². The number of thioether (sulfide) groups is 1. The van der Waals surface area contributed by atoms with Crippen LogP contribution in [0.15, 0.2) is 53.8 Å². The molecule has 0 spiro atoms. The molecule has 0 unspecified atom stereocenters. The topological polar surface area (TPSA) is 57.8 Å². The number of para-hydroxylation sites is 1. The Morgan fingerprint density at radius 2 is 1.81 bits per heavy atom. The molecule has 1 atom stereocenters. The molecule has 0 aliphatic heterocycles. The summed E-state index contributed by atoms with van der Waals surface area (Å²) in [6.45, 7) is 5.79. The molecule has 1 amide bonds. The van der Waals surface area contributed by atoms with E-state index in [4.69, 9.17) is 0 Å². The highest BCUT2D eigenvalue weighted by molar-refractivity contribution is 8.00. The number of imidazole rings is 1. The number of benzene rings is 2. The molecule has 4 nitrogen and oxygen atoms in total. The largest absolute Gasteiger partial charge is 0.333 e. The van der Waals surface area contributed by atoms with Crippen LogP contribution in [0.4, 0.5) is 10.1 Å². The second-order valence-electron chi connectivity index (χ2n) is 6.13. The van der Waals surface area contributed by atoms with Gasteiger partial charge in [0.05, 0.1) is 17.1 Å².